The van der Waals surface area contributed by atoms with Crippen molar-refractivity contribution < 1.29 is 24.6 Å². The van der Waals surface area contributed by atoms with Crippen LogP contribution in [0.15, 0.2) is 24.3 Å². The van der Waals surface area contributed by atoms with E-state index in [1.165, 1.54) is 0 Å². The van der Waals surface area contributed by atoms with E-state index in [1.54, 1.807) is 0 Å². The maximum Gasteiger partial charge on any atom is 0.326 e. The minimum absolute atomic E-state index is 0.107. The van der Waals surface area contributed by atoms with Crippen LogP contribution >= 0.6 is 0 Å². The Labute approximate surface area is 117 Å². The molecular formula is C14H19NO5. The minimum Gasteiger partial charge on any atom is -0.481 e. The first-order valence-corrected chi connectivity index (χ1v) is 6.58. The van der Waals surface area contributed by atoms with Gasteiger partial charge in [0, 0.05) is 12.8 Å². The molecule has 0 unspecified atom stereocenters. The number of nitrogens with one attached hydrogen (secondary N) is 1. The minimum atomic E-state index is -1.21. The molecule has 0 aromatic heterocycles. The molecule has 0 bridgehead atoms. The van der Waals surface area contributed by atoms with Crippen LogP contribution in [0.25, 0.3) is 0 Å². The van der Waals surface area contributed by atoms with Gasteiger partial charge in [0.2, 0.25) is 5.91 Å². The Morgan fingerprint density at radius 1 is 1.10 bits per heavy atom. The van der Waals surface area contributed by atoms with Crippen molar-refractivity contribution in [3.8, 4) is 0 Å². The molecule has 1 aliphatic carbocycles. The summed E-state index contributed by atoms with van der Waals surface area (Å²) in [5.41, 5.74) is 0. The molecule has 0 aromatic rings. The molecule has 0 aromatic carbocycles. The van der Waals surface area contributed by atoms with Crippen molar-refractivity contribution >= 4 is 17.8 Å². The summed E-state index contributed by atoms with van der Waals surface area (Å²) in [5, 5.41) is 19.8. The topological polar surface area (TPSA) is 104 Å². The number of allylic oxidation sites excluding steroid dienone is 4. The fourth-order valence-electron chi connectivity index (χ4n) is 1.96. The summed E-state index contributed by atoms with van der Waals surface area (Å²) < 4.78 is 0. The predicted octanol–water partition coefficient (Wildman–Crippen LogP) is 1.33. The van der Waals surface area contributed by atoms with Crippen LogP contribution in [0, 0.1) is 5.92 Å². The van der Waals surface area contributed by atoms with Crippen molar-refractivity contribution in [1.82, 2.24) is 5.32 Å². The van der Waals surface area contributed by atoms with Gasteiger partial charge in [0.25, 0.3) is 0 Å². The number of rotatable bonds is 9. The second-order valence-electron chi connectivity index (χ2n) is 4.72. The maximum absolute atomic E-state index is 11.6. The molecule has 0 saturated heterocycles. The van der Waals surface area contributed by atoms with Gasteiger partial charge in [-0.25, -0.2) is 4.79 Å². The lowest BCUT2D eigenvalue weighted by Gasteiger charge is -2.13. The molecule has 1 atom stereocenters. The molecule has 1 amide bonds. The molecule has 0 radical (unpaired) electrons. The second kappa shape index (κ2) is 8.14. The van der Waals surface area contributed by atoms with E-state index in [-0.39, 0.29) is 25.2 Å². The van der Waals surface area contributed by atoms with E-state index in [2.05, 4.69) is 5.32 Å². The van der Waals surface area contributed by atoms with Crippen LogP contribution in [0.4, 0.5) is 0 Å². The zero-order valence-corrected chi connectivity index (χ0v) is 11.1. The van der Waals surface area contributed by atoms with E-state index < -0.39 is 18.0 Å². The summed E-state index contributed by atoms with van der Waals surface area (Å²) in [5.74, 6) is -2.29. The van der Waals surface area contributed by atoms with Crippen molar-refractivity contribution in [1.29, 1.82) is 0 Å². The van der Waals surface area contributed by atoms with Crippen LogP contribution in [0.5, 0.6) is 0 Å². The third kappa shape index (κ3) is 6.17. The van der Waals surface area contributed by atoms with Gasteiger partial charge in [0.15, 0.2) is 0 Å². The molecule has 0 spiro atoms. The Hall–Kier alpha value is -2.11. The first-order valence-electron chi connectivity index (χ1n) is 6.58. The second-order valence-corrected chi connectivity index (χ2v) is 4.72. The van der Waals surface area contributed by atoms with Crippen LogP contribution in [0.2, 0.25) is 0 Å². The van der Waals surface area contributed by atoms with Crippen molar-refractivity contribution in [3.63, 3.8) is 0 Å². The Balaban J connectivity index is 2.26. The normalized spacial score (nSPS) is 15.2. The Kier molecular flexibility index (Phi) is 6.49. The predicted molar refractivity (Wildman–Crippen MR) is 72.1 cm³/mol. The first-order chi connectivity index (χ1) is 9.49. The quantitative estimate of drug-likeness (QED) is 0.591. The molecule has 3 N–H and O–H groups in total. The number of hydrogen-bond donors (Lipinski definition) is 3. The van der Waals surface area contributed by atoms with Crippen molar-refractivity contribution in [3.05, 3.63) is 24.3 Å². The molecule has 6 nitrogen and oxygen atoms in total. The largest absolute Gasteiger partial charge is 0.481 e. The number of carbonyl (C=O) groups is 3. The Bertz CT molecular complexity index is 415. The van der Waals surface area contributed by atoms with Gasteiger partial charge < -0.3 is 15.5 Å². The smallest absolute Gasteiger partial charge is 0.326 e. The van der Waals surface area contributed by atoms with Gasteiger partial charge in [0.1, 0.15) is 6.04 Å². The van der Waals surface area contributed by atoms with E-state index in [0.29, 0.717) is 12.3 Å². The summed E-state index contributed by atoms with van der Waals surface area (Å²) in [7, 11) is 0. The molecule has 0 saturated carbocycles. The van der Waals surface area contributed by atoms with Gasteiger partial charge in [-0.1, -0.05) is 24.3 Å². The summed E-state index contributed by atoms with van der Waals surface area (Å²) in [6, 6.07) is -1.13. The fraction of sp³-hybridized carbons (Fsp3) is 0.500. The number of carbonyl (C=O) groups excluding carboxylic acids is 1. The summed E-state index contributed by atoms with van der Waals surface area (Å²) in [4.78, 5) is 32.9. The zero-order chi connectivity index (χ0) is 15.0. The van der Waals surface area contributed by atoms with E-state index >= 15 is 0 Å². The van der Waals surface area contributed by atoms with Crippen molar-refractivity contribution in [2.75, 3.05) is 0 Å². The van der Waals surface area contributed by atoms with E-state index in [0.717, 1.165) is 6.42 Å². The van der Waals surface area contributed by atoms with Crippen LogP contribution in [-0.2, 0) is 14.4 Å². The molecule has 0 aliphatic heterocycles. The fourth-order valence-corrected chi connectivity index (χ4v) is 1.96. The van der Waals surface area contributed by atoms with Crippen molar-refractivity contribution in [2.24, 2.45) is 5.92 Å². The van der Waals surface area contributed by atoms with Gasteiger partial charge >= 0.3 is 11.9 Å². The molecular weight excluding hydrogens is 262 g/mol. The molecule has 6 heteroatoms. The molecule has 110 valence electrons. The first kappa shape index (κ1) is 15.9. The average molecular weight is 281 g/mol. The highest BCUT2D eigenvalue weighted by Gasteiger charge is 2.20. The Morgan fingerprint density at radius 3 is 2.30 bits per heavy atom. The highest BCUT2D eigenvalue weighted by atomic mass is 16.4. The number of carboxylic acids is 2. The van der Waals surface area contributed by atoms with E-state index in [9.17, 15) is 14.4 Å². The number of carboxylic acid groups (broad SMARTS) is 2. The Morgan fingerprint density at radius 2 is 1.75 bits per heavy atom. The van der Waals surface area contributed by atoms with E-state index in [1.807, 2.05) is 24.3 Å². The van der Waals surface area contributed by atoms with Gasteiger partial charge in [-0.15, -0.1) is 0 Å². The van der Waals surface area contributed by atoms with Crippen LogP contribution in [0.1, 0.15) is 32.1 Å². The summed E-state index contributed by atoms with van der Waals surface area (Å²) in [6.07, 6.45) is 9.36. The molecule has 20 heavy (non-hydrogen) atoms. The van der Waals surface area contributed by atoms with Gasteiger partial charge in [0.05, 0.1) is 0 Å². The lowest BCUT2D eigenvalue weighted by molar-refractivity contribution is -0.143. The number of aliphatic carboxylic acids is 2. The van der Waals surface area contributed by atoms with Crippen LogP contribution < -0.4 is 5.32 Å². The van der Waals surface area contributed by atoms with Gasteiger partial charge in [-0.2, -0.15) is 0 Å². The third-order valence-corrected chi connectivity index (χ3v) is 3.05. The lowest BCUT2D eigenvalue weighted by atomic mass is 10.0. The highest BCUT2D eigenvalue weighted by Crippen LogP contribution is 2.16. The summed E-state index contributed by atoms with van der Waals surface area (Å²) >= 11 is 0. The zero-order valence-electron chi connectivity index (χ0n) is 11.1. The number of hydrogen-bond acceptors (Lipinski definition) is 3. The van der Waals surface area contributed by atoms with Crippen LogP contribution in [0.3, 0.4) is 0 Å². The standard InChI is InChI=1S/C14H19NO5/c16-12(7-3-6-10-4-1-2-5-10)15-11(14(19)20)8-9-13(17)18/h1-2,4-5,10-11H,3,6-9H2,(H,15,16)(H,17,18)(H,19,20)/t11-/m1/s1. The third-order valence-electron chi connectivity index (χ3n) is 3.05. The molecule has 0 heterocycles. The number of amides is 1. The van der Waals surface area contributed by atoms with Crippen molar-refractivity contribution in [2.45, 2.75) is 38.1 Å². The molecule has 1 aliphatic rings. The highest BCUT2D eigenvalue weighted by molar-refractivity contribution is 5.83. The van der Waals surface area contributed by atoms with Gasteiger partial charge in [-0.3, -0.25) is 9.59 Å². The monoisotopic (exact) mass is 281 g/mol. The summed E-state index contributed by atoms with van der Waals surface area (Å²) in [6.45, 7) is 0. The lowest BCUT2D eigenvalue weighted by Crippen LogP contribution is -2.41. The molecule has 0 fully saturated rings. The maximum atomic E-state index is 11.6. The van der Waals surface area contributed by atoms with Crippen LogP contribution in [-0.4, -0.2) is 34.1 Å². The molecule has 1 rings (SSSR count). The van der Waals surface area contributed by atoms with Gasteiger partial charge in [-0.05, 0) is 25.2 Å². The van der Waals surface area contributed by atoms with E-state index in [4.69, 9.17) is 10.2 Å². The SMILES string of the molecule is O=C(O)CC[C@@H](NC(=O)CCCC1C=CC=C1)C(=O)O. The average Bonchev–Trinajstić information content (AvgIpc) is 2.87.